The van der Waals surface area contributed by atoms with Crippen molar-refractivity contribution in [2.24, 2.45) is 5.92 Å². The molecule has 1 saturated heterocycles. The van der Waals surface area contributed by atoms with E-state index in [0.29, 0.717) is 31.3 Å². The zero-order valence-corrected chi connectivity index (χ0v) is 19.6. The van der Waals surface area contributed by atoms with Crippen LogP contribution in [0.2, 0.25) is 5.02 Å². The van der Waals surface area contributed by atoms with E-state index in [9.17, 15) is 4.79 Å². The number of hydrogen-bond donors (Lipinski definition) is 1. The molecule has 7 nitrogen and oxygen atoms in total. The van der Waals surface area contributed by atoms with Crippen LogP contribution in [0, 0.1) is 5.92 Å². The van der Waals surface area contributed by atoms with Gasteiger partial charge in [0.25, 0.3) is 0 Å². The fourth-order valence-electron chi connectivity index (χ4n) is 4.08. The molecule has 1 atom stereocenters. The quantitative estimate of drug-likeness (QED) is 0.470. The van der Waals surface area contributed by atoms with Crippen LogP contribution in [-0.4, -0.2) is 47.7 Å². The average Bonchev–Trinajstić information content (AvgIpc) is 3.31. The van der Waals surface area contributed by atoms with Gasteiger partial charge in [0, 0.05) is 23.7 Å². The topological polar surface area (TPSA) is 80.5 Å². The minimum absolute atomic E-state index is 0.0155. The van der Waals surface area contributed by atoms with Gasteiger partial charge in [0.1, 0.15) is 5.75 Å². The van der Waals surface area contributed by atoms with Gasteiger partial charge in [-0.05, 0) is 74.2 Å². The molecule has 1 amide bonds. The average molecular weight is 469 g/mol. The van der Waals surface area contributed by atoms with Gasteiger partial charge in [0.15, 0.2) is 0 Å². The van der Waals surface area contributed by atoms with Crippen molar-refractivity contribution in [3.8, 4) is 17.1 Å². The SMILES string of the molecule is COc1ccc(-c2noc(CN3CCCC(C(=O)NCCCc4ccc(Cl)cc4)C3)n2)cc1. The Bertz CT molecular complexity index is 1040. The largest absolute Gasteiger partial charge is 0.497 e. The van der Waals surface area contributed by atoms with Crippen LogP contribution in [-0.2, 0) is 17.8 Å². The number of carbonyl (C=O) groups is 1. The Balaban J connectivity index is 1.23. The third kappa shape index (κ3) is 6.55. The number of hydrogen-bond acceptors (Lipinski definition) is 6. The number of amides is 1. The second kappa shape index (κ2) is 11.3. The summed E-state index contributed by atoms with van der Waals surface area (Å²) in [6.07, 6.45) is 3.70. The summed E-state index contributed by atoms with van der Waals surface area (Å²) in [4.78, 5) is 19.4. The Morgan fingerprint density at radius 2 is 2.00 bits per heavy atom. The van der Waals surface area contributed by atoms with Crippen molar-refractivity contribution in [2.75, 3.05) is 26.7 Å². The molecular formula is C25H29ClN4O3. The Kier molecular flexibility index (Phi) is 7.96. The van der Waals surface area contributed by atoms with E-state index < -0.39 is 0 Å². The highest BCUT2D eigenvalue weighted by Gasteiger charge is 2.26. The number of aryl methyl sites for hydroxylation is 1. The highest BCUT2D eigenvalue weighted by atomic mass is 35.5. The van der Waals surface area contributed by atoms with E-state index in [1.54, 1.807) is 7.11 Å². The van der Waals surface area contributed by atoms with Gasteiger partial charge in [-0.2, -0.15) is 4.98 Å². The van der Waals surface area contributed by atoms with Crippen molar-refractivity contribution in [1.29, 1.82) is 0 Å². The minimum Gasteiger partial charge on any atom is -0.497 e. The number of nitrogens with one attached hydrogen (secondary N) is 1. The molecule has 33 heavy (non-hydrogen) atoms. The molecule has 0 spiro atoms. The molecule has 2 heterocycles. The van der Waals surface area contributed by atoms with E-state index in [0.717, 1.165) is 48.6 Å². The zero-order chi connectivity index (χ0) is 23.0. The van der Waals surface area contributed by atoms with Crippen LogP contribution in [0.15, 0.2) is 53.1 Å². The molecule has 1 aliphatic heterocycles. The Morgan fingerprint density at radius 3 is 2.76 bits per heavy atom. The number of methoxy groups -OCH3 is 1. The van der Waals surface area contributed by atoms with Crippen molar-refractivity contribution in [3.05, 3.63) is 65.0 Å². The molecule has 174 valence electrons. The van der Waals surface area contributed by atoms with Gasteiger partial charge < -0.3 is 14.6 Å². The summed E-state index contributed by atoms with van der Waals surface area (Å²) in [6, 6.07) is 15.4. The summed E-state index contributed by atoms with van der Waals surface area (Å²) in [5.74, 6) is 2.01. The number of benzene rings is 2. The molecule has 2 aromatic carbocycles. The van der Waals surface area contributed by atoms with Gasteiger partial charge in [-0.25, -0.2) is 0 Å². The molecule has 0 bridgehead atoms. The second-order valence-corrected chi connectivity index (χ2v) is 8.77. The van der Waals surface area contributed by atoms with Gasteiger partial charge in [-0.15, -0.1) is 0 Å². The number of ether oxygens (including phenoxy) is 1. The number of carbonyl (C=O) groups excluding carboxylic acids is 1. The van der Waals surface area contributed by atoms with Crippen LogP contribution in [0.1, 0.15) is 30.7 Å². The molecule has 0 aliphatic carbocycles. The minimum atomic E-state index is -0.0155. The van der Waals surface area contributed by atoms with Crippen molar-refractivity contribution >= 4 is 17.5 Å². The van der Waals surface area contributed by atoms with E-state index in [1.807, 2.05) is 48.5 Å². The lowest BCUT2D eigenvalue weighted by molar-refractivity contribution is -0.126. The molecule has 8 heteroatoms. The predicted molar refractivity (Wildman–Crippen MR) is 127 cm³/mol. The number of aromatic nitrogens is 2. The monoisotopic (exact) mass is 468 g/mol. The molecule has 4 rings (SSSR count). The van der Waals surface area contributed by atoms with E-state index in [-0.39, 0.29) is 11.8 Å². The second-order valence-electron chi connectivity index (χ2n) is 8.34. The maximum atomic E-state index is 12.7. The van der Waals surface area contributed by atoms with E-state index >= 15 is 0 Å². The summed E-state index contributed by atoms with van der Waals surface area (Å²) in [6.45, 7) is 2.83. The number of rotatable bonds is 9. The molecule has 1 fully saturated rings. The van der Waals surface area contributed by atoms with Crippen LogP contribution in [0.25, 0.3) is 11.4 Å². The molecule has 1 N–H and O–H groups in total. The first-order valence-corrected chi connectivity index (χ1v) is 11.7. The number of halogens is 1. The fraction of sp³-hybridized carbons (Fsp3) is 0.400. The number of likely N-dealkylation sites (tertiary alicyclic amines) is 1. The van der Waals surface area contributed by atoms with Crippen LogP contribution >= 0.6 is 11.6 Å². The third-order valence-corrected chi connectivity index (χ3v) is 6.16. The zero-order valence-electron chi connectivity index (χ0n) is 18.8. The van der Waals surface area contributed by atoms with E-state index in [1.165, 1.54) is 5.56 Å². The highest BCUT2D eigenvalue weighted by molar-refractivity contribution is 6.30. The first-order valence-electron chi connectivity index (χ1n) is 11.3. The van der Waals surface area contributed by atoms with Crippen LogP contribution in [0.4, 0.5) is 0 Å². The normalized spacial score (nSPS) is 16.5. The smallest absolute Gasteiger partial charge is 0.241 e. The molecule has 3 aromatic rings. The summed E-state index contributed by atoms with van der Waals surface area (Å²) >= 11 is 5.92. The molecule has 1 unspecified atom stereocenters. The highest BCUT2D eigenvalue weighted by Crippen LogP contribution is 2.22. The molecule has 1 aliphatic rings. The third-order valence-electron chi connectivity index (χ3n) is 5.91. The summed E-state index contributed by atoms with van der Waals surface area (Å²) in [5.41, 5.74) is 2.10. The van der Waals surface area contributed by atoms with Gasteiger partial charge >= 0.3 is 0 Å². The van der Waals surface area contributed by atoms with Crippen LogP contribution in [0.5, 0.6) is 5.75 Å². The number of piperidine rings is 1. The standard InChI is InChI=1S/C25H29ClN4O3/c1-32-22-12-8-19(9-13-22)24-28-23(33-29-24)17-30-15-3-5-20(16-30)25(31)27-14-2-4-18-6-10-21(26)11-7-18/h6-13,20H,2-5,14-17H2,1H3,(H,27,31). The first-order chi connectivity index (χ1) is 16.1. The lowest BCUT2D eigenvalue weighted by Gasteiger charge is -2.30. The Labute approximate surface area is 199 Å². The lowest BCUT2D eigenvalue weighted by Crippen LogP contribution is -2.43. The summed E-state index contributed by atoms with van der Waals surface area (Å²) < 4.78 is 10.6. The summed E-state index contributed by atoms with van der Waals surface area (Å²) in [5, 5.41) is 7.94. The van der Waals surface area contributed by atoms with Gasteiger partial charge in [-0.1, -0.05) is 28.9 Å². The van der Waals surface area contributed by atoms with Crippen LogP contribution in [0.3, 0.4) is 0 Å². The van der Waals surface area contributed by atoms with Gasteiger partial charge in [0.2, 0.25) is 17.6 Å². The summed E-state index contributed by atoms with van der Waals surface area (Å²) in [7, 11) is 1.63. The van der Waals surface area contributed by atoms with Crippen molar-refractivity contribution in [1.82, 2.24) is 20.4 Å². The Morgan fingerprint density at radius 1 is 1.21 bits per heavy atom. The first kappa shape index (κ1) is 23.3. The molecule has 0 saturated carbocycles. The van der Waals surface area contributed by atoms with E-state index in [4.69, 9.17) is 20.9 Å². The van der Waals surface area contributed by atoms with E-state index in [2.05, 4.69) is 20.4 Å². The van der Waals surface area contributed by atoms with Crippen LogP contribution < -0.4 is 10.1 Å². The molecule has 1 aromatic heterocycles. The van der Waals surface area contributed by atoms with Gasteiger partial charge in [0.05, 0.1) is 19.6 Å². The van der Waals surface area contributed by atoms with Gasteiger partial charge in [-0.3, -0.25) is 9.69 Å². The number of nitrogens with zero attached hydrogens (tertiary/aromatic N) is 3. The maximum Gasteiger partial charge on any atom is 0.241 e. The molecule has 0 radical (unpaired) electrons. The lowest BCUT2D eigenvalue weighted by atomic mass is 9.97. The maximum absolute atomic E-state index is 12.7. The fourth-order valence-corrected chi connectivity index (χ4v) is 4.21. The van der Waals surface area contributed by atoms with Crippen molar-refractivity contribution in [2.45, 2.75) is 32.2 Å². The predicted octanol–water partition coefficient (Wildman–Crippen LogP) is 4.36. The Hall–Kier alpha value is -2.90. The molecular weight excluding hydrogens is 440 g/mol. The van der Waals surface area contributed by atoms with Crippen molar-refractivity contribution < 1.29 is 14.1 Å². The van der Waals surface area contributed by atoms with Crippen molar-refractivity contribution in [3.63, 3.8) is 0 Å².